The lowest BCUT2D eigenvalue weighted by Gasteiger charge is -2.26. The number of carbonyl (C=O) groups is 2. The van der Waals surface area contributed by atoms with Crippen molar-refractivity contribution >= 4 is 29.4 Å². The quantitative estimate of drug-likeness (QED) is 0.857. The molecule has 128 valence electrons. The molecule has 0 fully saturated rings. The maximum Gasteiger partial charge on any atom is 0.410 e. The first-order chi connectivity index (χ1) is 10.7. The van der Waals surface area contributed by atoms with Gasteiger partial charge in [0.2, 0.25) is 0 Å². The molecule has 0 radical (unpaired) electrons. The first-order valence-corrected chi connectivity index (χ1v) is 7.87. The molecule has 1 aromatic carbocycles. The van der Waals surface area contributed by atoms with Crippen LogP contribution in [0, 0.1) is 0 Å². The van der Waals surface area contributed by atoms with Gasteiger partial charge in [-0.2, -0.15) is 0 Å². The van der Waals surface area contributed by atoms with E-state index in [0.29, 0.717) is 30.3 Å². The van der Waals surface area contributed by atoms with Gasteiger partial charge in [-0.3, -0.25) is 0 Å². The van der Waals surface area contributed by atoms with Crippen LogP contribution in [0.25, 0.3) is 0 Å². The summed E-state index contributed by atoms with van der Waals surface area (Å²) < 4.78 is 5.30. The summed E-state index contributed by atoms with van der Waals surface area (Å²) >= 11 is 5.78. The van der Waals surface area contributed by atoms with Gasteiger partial charge in [0.05, 0.1) is 0 Å². The average molecular weight is 342 g/mol. The molecule has 6 nitrogen and oxygen atoms in total. The molecule has 0 aromatic heterocycles. The molecule has 0 saturated carbocycles. The summed E-state index contributed by atoms with van der Waals surface area (Å²) in [6.45, 7) is 8.52. The Morgan fingerprint density at radius 3 is 2.35 bits per heavy atom. The Labute approximate surface area is 142 Å². The van der Waals surface area contributed by atoms with Gasteiger partial charge in [-0.15, -0.1) is 0 Å². The van der Waals surface area contributed by atoms with Gasteiger partial charge in [0.25, 0.3) is 0 Å². The van der Waals surface area contributed by atoms with E-state index in [1.807, 2.05) is 27.7 Å². The predicted molar refractivity (Wildman–Crippen MR) is 92.0 cm³/mol. The maximum absolute atomic E-state index is 12.0. The number of ether oxygens (including phenoxy) is 1. The summed E-state index contributed by atoms with van der Waals surface area (Å²) in [6.07, 6.45) is -0.389. The van der Waals surface area contributed by atoms with Crippen LogP contribution in [0.15, 0.2) is 24.3 Å². The number of rotatable bonds is 5. The third-order valence-corrected chi connectivity index (χ3v) is 3.05. The van der Waals surface area contributed by atoms with E-state index in [-0.39, 0.29) is 12.1 Å². The number of hydrogen-bond donors (Lipinski definition) is 2. The van der Waals surface area contributed by atoms with E-state index in [1.54, 1.807) is 24.3 Å². The zero-order chi connectivity index (χ0) is 17.5. The summed E-state index contributed by atoms with van der Waals surface area (Å²) in [5.74, 6) is 0. The Kier molecular flexibility index (Phi) is 7.16. The van der Waals surface area contributed by atoms with E-state index in [1.165, 1.54) is 4.90 Å². The summed E-state index contributed by atoms with van der Waals surface area (Å²) in [5, 5.41) is 5.98. The van der Waals surface area contributed by atoms with Crippen molar-refractivity contribution in [2.45, 2.75) is 33.3 Å². The Morgan fingerprint density at radius 1 is 1.22 bits per heavy atom. The highest BCUT2D eigenvalue weighted by Crippen LogP contribution is 2.13. The molecule has 1 aromatic rings. The van der Waals surface area contributed by atoms with Crippen LogP contribution in [-0.4, -0.2) is 42.3 Å². The summed E-state index contributed by atoms with van der Waals surface area (Å²) in [7, 11) is 0. The number of amides is 3. The lowest BCUT2D eigenvalue weighted by atomic mass is 10.2. The molecule has 0 aliphatic rings. The molecule has 3 amide bonds. The van der Waals surface area contributed by atoms with Gasteiger partial charge >= 0.3 is 12.1 Å². The summed E-state index contributed by atoms with van der Waals surface area (Å²) in [5.41, 5.74) is 0.107. The lowest BCUT2D eigenvalue weighted by molar-refractivity contribution is 0.0263. The molecule has 0 atom stereocenters. The molecule has 1 rings (SSSR count). The molecule has 7 heteroatoms. The number of nitrogens with one attached hydrogen (secondary N) is 2. The molecule has 2 N–H and O–H groups in total. The SMILES string of the molecule is CCN(CCNC(=O)Nc1ccc(Cl)cc1)C(=O)OC(C)(C)C. The molecule has 0 spiro atoms. The van der Waals surface area contributed by atoms with Crippen LogP contribution in [0.3, 0.4) is 0 Å². The highest BCUT2D eigenvalue weighted by Gasteiger charge is 2.20. The molecule has 0 aliphatic heterocycles. The molecule has 23 heavy (non-hydrogen) atoms. The fourth-order valence-electron chi connectivity index (χ4n) is 1.72. The zero-order valence-electron chi connectivity index (χ0n) is 14.0. The second kappa shape index (κ2) is 8.62. The van der Waals surface area contributed by atoms with Crippen LogP contribution in [0.1, 0.15) is 27.7 Å². The van der Waals surface area contributed by atoms with Crippen LogP contribution < -0.4 is 10.6 Å². The molecule has 0 heterocycles. The minimum atomic E-state index is -0.538. The van der Waals surface area contributed by atoms with Gasteiger partial charge in [-0.1, -0.05) is 11.6 Å². The molecular formula is C16H24ClN3O3. The van der Waals surface area contributed by atoms with Crippen molar-refractivity contribution in [1.82, 2.24) is 10.2 Å². The van der Waals surface area contributed by atoms with Gasteiger partial charge in [-0.25, -0.2) is 9.59 Å². The number of nitrogens with zero attached hydrogens (tertiary/aromatic N) is 1. The molecule has 0 unspecified atom stereocenters. The largest absolute Gasteiger partial charge is 0.444 e. The number of hydrogen-bond acceptors (Lipinski definition) is 3. The predicted octanol–water partition coefficient (Wildman–Crippen LogP) is 3.72. The zero-order valence-corrected chi connectivity index (χ0v) is 14.7. The van der Waals surface area contributed by atoms with Gasteiger partial charge < -0.3 is 20.3 Å². The first-order valence-electron chi connectivity index (χ1n) is 7.49. The van der Waals surface area contributed by atoms with E-state index in [2.05, 4.69) is 10.6 Å². The summed E-state index contributed by atoms with van der Waals surface area (Å²) in [4.78, 5) is 25.3. The fourth-order valence-corrected chi connectivity index (χ4v) is 1.84. The topological polar surface area (TPSA) is 70.7 Å². The third-order valence-electron chi connectivity index (χ3n) is 2.80. The Morgan fingerprint density at radius 2 is 1.83 bits per heavy atom. The van der Waals surface area contributed by atoms with Gasteiger partial charge in [-0.05, 0) is 52.0 Å². The normalized spacial score (nSPS) is 10.8. The van der Waals surface area contributed by atoms with Crippen LogP contribution >= 0.6 is 11.6 Å². The lowest BCUT2D eigenvalue weighted by Crippen LogP contribution is -2.42. The Balaban J connectivity index is 2.37. The van der Waals surface area contributed by atoms with Gasteiger partial charge in [0.15, 0.2) is 0 Å². The van der Waals surface area contributed by atoms with E-state index < -0.39 is 5.60 Å². The van der Waals surface area contributed by atoms with Crippen molar-refractivity contribution in [2.75, 3.05) is 25.0 Å². The van der Waals surface area contributed by atoms with E-state index in [9.17, 15) is 9.59 Å². The van der Waals surface area contributed by atoms with Crippen molar-refractivity contribution < 1.29 is 14.3 Å². The number of anilines is 1. The molecule has 0 aliphatic carbocycles. The maximum atomic E-state index is 12.0. The average Bonchev–Trinajstić information content (AvgIpc) is 2.44. The third kappa shape index (κ3) is 7.74. The van der Waals surface area contributed by atoms with Gasteiger partial charge in [0.1, 0.15) is 5.60 Å². The van der Waals surface area contributed by atoms with Crippen LogP contribution in [-0.2, 0) is 4.74 Å². The molecular weight excluding hydrogens is 318 g/mol. The summed E-state index contributed by atoms with van der Waals surface area (Å²) in [6, 6.07) is 6.46. The van der Waals surface area contributed by atoms with Crippen LogP contribution in [0.5, 0.6) is 0 Å². The number of carbonyl (C=O) groups excluding carboxylic acids is 2. The molecule has 0 bridgehead atoms. The van der Waals surface area contributed by atoms with Crippen LogP contribution in [0.2, 0.25) is 5.02 Å². The monoisotopic (exact) mass is 341 g/mol. The van der Waals surface area contributed by atoms with E-state index >= 15 is 0 Å². The molecule has 0 saturated heterocycles. The van der Waals surface area contributed by atoms with Crippen molar-refractivity contribution in [3.63, 3.8) is 0 Å². The second-order valence-corrected chi connectivity index (χ2v) is 6.38. The smallest absolute Gasteiger partial charge is 0.410 e. The van der Waals surface area contributed by atoms with Crippen LogP contribution in [0.4, 0.5) is 15.3 Å². The minimum Gasteiger partial charge on any atom is -0.444 e. The fraction of sp³-hybridized carbons (Fsp3) is 0.500. The van der Waals surface area contributed by atoms with Gasteiger partial charge in [0, 0.05) is 30.3 Å². The standard InChI is InChI=1S/C16H24ClN3O3/c1-5-20(15(22)23-16(2,3)4)11-10-18-14(21)19-13-8-6-12(17)7-9-13/h6-9H,5,10-11H2,1-4H3,(H2,18,19,21). The van der Waals surface area contributed by atoms with E-state index in [4.69, 9.17) is 16.3 Å². The highest BCUT2D eigenvalue weighted by molar-refractivity contribution is 6.30. The minimum absolute atomic E-state index is 0.326. The van der Waals surface area contributed by atoms with Crippen molar-refractivity contribution in [2.24, 2.45) is 0 Å². The number of benzene rings is 1. The second-order valence-electron chi connectivity index (χ2n) is 5.95. The Bertz CT molecular complexity index is 526. The highest BCUT2D eigenvalue weighted by atomic mass is 35.5. The van der Waals surface area contributed by atoms with Crippen molar-refractivity contribution in [3.8, 4) is 0 Å². The first kappa shape index (κ1) is 19.1. The van der Waals surface area contributed by atoms with Crippen molar-refractivity contribution in [1.29, 1.82) is 0 Å². The number of likely N-dealkylation sites (N-methyl/N-ethyl adjacent to an activating group) is 1. The van der Waals surface area contributed by atoms with E-state index in [0.717, 1.165) is 0 Å². The number of urea groups is 1. The Hall–Kier alpha value is -1.95. The number of halogens is 1. The van der Waals surface area contributed by atoms with Crippen molar-refractivity contribution in [3.05, 3.63) is 29.3 Å².